The Morgan fingerprint density at radius 3 is 2.40 bits per heavy atom. The van der Waals surface area contributed by atoms with E-state index in [-0.39, 0.29) is 5.78 Å². The average molecular weight is 258 g/mol. The van der Waals surface area contributed by atoms with E-state index in [1.165, 1.54) is 0 Å². The van der Waals surface area contributed by atoms with E-state index in [2.05, 4.69) is 9.97 Å². The fourth-order valence-electron chi connectivity index (χ4n) is 2.62. The van der Waals surface area contributed by atoms with Crippen molar-refractivity contribution in [3.8, 4) is 0 Å². The van der Waals surface area contributed by atoms with Crippen LogP contribution in [0, 0.1) is 0 Å². The Kier molecular flexibility index (Phi) is 2.27. The van der Waals surface area contributed by atoms with E-state index >= 15 is 0 Å². The van der Waals surface area contributed by atoms with Gasteiger partial charge in [0.15, 0.2) is 11.6 Å². The summed E-state index contributed by atoms with van der Waals surface area (Å²) < 4.78 is 0. The van der Waals surface area contributed by atoms with Crippen LogP contribution in [-0.2, 0) is 4.79 Å². The molecule has 2 aliphatic carbocycles. The maximum Gasteiger partial charge on any atom is 0.197 e. The van der Waals surface area contributed by atoms with Crippen LogP contribution in [0.2, 0.25) is 0 Å². The van der Waals surface area contributed by atoms with E-state index < -0.39 is 0 Å². The number of carbonyl (C=O) groups excluding carboxylic acids is 1. The predicted octanol–water partition coefficient (Wildman–Crippen LogP) is 2.92. The Labute approximate surface area is 116 Å². The van der Waals surface area contributed by atoms with Gasteiger partial charge in [0.1, 0.15) is 0 Å². The Hall–Kier alpha value is -2.81. The van der Waals surface area contributed by atoms with E-state index in [9.17, 15) is 4.79 Å². The lowest BCUT2D eigenvalue weighted by Gasteiger charge is -2.12. The quantitative estimate of drug-likeness (QED) is 0.789. The van der Waals surface area contributed by atoms with Crippen LogP contribution in [0.5, 0.6) is 0 Å². The van der Waals surface area contributed by atoms with Crippen LogP contribution < -0.4 is 0 Å². The van der Waals surface area contributed by atoms with Crippen LogP contribution in [0.4, 0.5) is 0 Å². The molecule has 3 heteroatoms. The normalized spacial score (nSPS) is 16.0. The highest BCUT2D eigenvalue weighted by molar-refractivity contribution is 6.38. The third-order valence-electron chi connectivity index (χ3n) is 3.55. The van der Waals surface area contributed by atoms with Crippen LogP contribution in [-0.4, -0.2) is 15.8 Å². The largest absolute Gasteiger partial charge is 0.288 e. The molecule has 0 amide bonds. The lowest BCUT2D eigenvalue weighted by Crippen LogP contribution is -2.10. The smallest absolute Gasteiger partial charge is 0.197 e. The van der Waals surface area contributed by atoms with Crippen LogP contribution in [0.3, 0.4) is 0 Å². The Bertz CT molecular complexity index is 814. The van der Waals surface area contributed by atoms with Crippen molar-refractivity contribution in [3.05, 3.63) is 77.4 Å². The SMILES string of the molecule is O=C1C2=Cc3ccccc3C2=CC=C1c1ncccn1. The van der Waals surface area contributed by atoms with Gasteiger partial charge in [0.2, 0.25) is 0 Å². The molecule has 0 atom stereocenters. The summed E-state index contributed by atoms with van der Waals surface area (Å²) in [6.07, 6.45) is 9.03. The van der Waals surface area contributed by atoms with Gasteiger partial charge >= 0.3 is 0 Å². The van der Waals surface area contributed by atoms with Crippen molar-refractivity contribution in [2.24, 2.45) is 0 Å². The Balaban J connectivity index is 1.86. The first-order valence-corrected chi connectivity index (χ1v) is 6.40. The molecular weight excluding hydrogens is 248 g/mol. The number of aromatic nitrogens is 2. The molecule has 2 aromatic rings. The number of fused-ring (bicyclic) bond motifs is 3. The monoisotopic (exact) mass is 258 g/mol. The van der Waals surface area contributed by atoms with E-state index in [4.69, 9.17) is 0 Å². The highest BCUT2D eigenvalue weighted by Gasteiger charge is 2.29. The number of carbonyl (C=O) groups is 1. The van der Waals surface area contributed by atoms with E-state index in [1.807, 2.05) is 42.5 Å². The molecule has 4 rings (SSSR count). The van der Waals surface area contributed by atoms with Gasteiger partial charge in [-0.3, -0.25) is 4.79 Å². The third-order valence-corrected chi connectivity index (χ3v) is 3.55. The number of hydrogen-bond donors (Lipinski definition) is 0. The summed E-state index contributed by atoms with van der Waals surface area (Å²) in [5.74, 6) is 0.467. The van der Waals surface area contributed by atoms with Gasteiger partial charge in [-0.2, -0.15) is 0 Å². The van der Waals surface area contributed by atoms with Crippen molar-refractivity contribution >= 4 is 23.0 Å². The Morgan fingerprint density at radius 1 is 0.800 bits per heavy atom. The molecule has 1 aromatic carbocycles. The number of ketones is 1. The summed E-state index contributed by atoms with van der Waals surface area (Å²) in [6, 6.07) is 9.76. The molecule has 0 unspecified atom stereocenters. The van der Waals surface area contributed by atoms with Crippen LogP contribution in [0.1, 0.15) is 17.0 Å². The van der Waals surface area contributed by atoms with Crippen molar-refractivity contribution < 1.29 is 4.79 Å². The number of allylic oxidation sites excluding steroid dienone is 5. The molecule has 2 aliphatic rings. The van der Waals surface area contributed by atoms with Gasteiger partial charge in [-0.1, -0.05) is 30.3 Å². The molecule has 0 fully saturated rings. The molecular formula is C17H10N2O. The summed E-state index contributed by atoms with van der Waals surface area (Å²) in [6.45, 7) is 0. The van der Waals surface area contributed by atoms with Crippen LogP contribution in [0.15, 0.2) is 60.5 Å². The molecule has 0 saturated carbocycles. The first-order valence-electron chi connectivity index (χ1n) is 6.40. The molecule has 20 heavy (non-hydrogen) atoms. The molecule has 1 aromatic heterocycles. The minimum absolute atomic E-state index is 0.00935. The number of benzene rings is 1. The number of Topliss-reactive ketones (excluding diaryl/α,β-unsaturated/α-hetero) is 1. The molecule has 3 nitrogen and oxygen atoms in total. The average Bonchev–Trinajstić information content (AvgIpc) is 2.88. The number of hydrogen-bond acceptors (Lipinski definition) is 3. The summed E-state index contributed by atoms with van der Waals surface area (Å²) in [5.41, 5.74) is 4.47. The number of nitrogens with zero attached hydrogens (tertiary/aromatic N) is 2. The zero-order valence-electron chi connectivity index (χ0n) is 10.6. The summed E-state index contributed by atoms with van der Waals surface area (Å²) in [4.78, 5) is 20.9. The summed E-state index contributed by atoms with van der Waals surface area (Å²) >= 11 is 0. The molecule has 0 radical (unpaired) electrons. The zero-order valence-corrected chi connectivity index (χ0v) is 10.6. The Morgan fingerprint density at radius 2 is 1.55 bits per heavy atom. The maximum absolute atomic E-state index is 12.6. The minimum Gasteiger partial charge on any atom is -0.288 e. The van der Waals surface area contributed by atoms with Crippen molar-refractivity contribution in [2.45, 2.75) is 0 Å². The van der Waals surface area contributed by atoms with Gasteiger partial charge < -0.3 is 0 Å². The topological polar surface area (TPSA) is 42.9 Å². The molecule has 0 bridgehead atoms. The second-order valence-electron chi connectivity index (χ2n) is 4.71. The molecule has 0 aliphatic heterocycles. The summed E-state index contributed by atoms with van der Waals surface area (Å²) in [5, 5.41) is 0. The minimum atomic E-state index is -0.00935. The number of rotatable bonds is 1. The lowest BCUT2D eigenvalue weighted by atomic mass is 9.91. The van der Waals surface area contributed by atoms with Gasteiger partial charge in [-0.05, 0) is 34.9 Å². The van der Waals surface area contributed by atoms with Gasteiger partial charge in [0, 0.05) is 18.0 Å². The van der Waals surface area contributed by atoms with Crippen molar-refractivity contribution in [1.82, 2.24) is 9.97 Å². The zero-order chi connectivity index (χ0) is 13.5. The van der Waals surface area contributed by atoms with E-state index in [0.29, 0.717) is 11.4 Å². The first-order chi connectivity index (χ1) is 9.84. The highest BCUT2D eigenvalue weighted by Crippen LogP contribution is 2.40. The van der Waals surface area contributed by atoms with Gasteiger partial charge in [-0.25, -0.2) is 9.97 Å². The lowest BCUT2D eigenvalue weighted by molar-refractivity contribution is -0.110. The van der Waals surface area contributed by atoms with Crippen LogP contribution >= 0.6 is 0 Å². The highest BCUT2D eigenvalue weighted by atomic mass is 16.1. The summed E-state index contributed by atoms with van der Waals surface area (Å²) in [7, 11) is 0. The predicted molar refractivity (Wildman–Crippen MR) is 77.4 cm³/mol. The first kappa shape index (κ1) is 11.1. The maximum atomic E-state index is 12.6. The fourth-order valence-corrected chi connectivity index (χ4v) is 2.62. The fraction of sp³-hybridized carbons (Fsp3) is 0. The third kappa shape index (κ3) is 1.50. The van der Waals surface area contributed by atoms with Crippen molar-refractivity contribution in [2.75, 3.05) is 0 Å². The standard InChI is InChI=1S/C17H10N2O/c20-16-14(17-18-8-3-9-19-17)7-6-13-12-5-2-1-4-11(12)10-15(13)16/h1-10H. The van der Waals surface area contributed by atoms with Gasteiger partial charge in [0.25, 0.3) is 0 Å². The second kappa shape index (κ2) is 4.10. The van der Waals surface area contributed by atoms with E-state index in [1.54, 1.807) is 18.5 Å². The van der Waals surface area contributed by atoms with Gasteiger partial charge in [0.05, 0.1) is 5.57 Å². The van der Waals surface area contributed by atoms with E-state index in [0.717, 1.165) is 22.3 Å². The second-order valence-corrected chi connectivity index (χ2v) is 4.71. The molecule has 0 N–H and O–H groups in total. The van der Waals surface area contributed by atoms with Crippen molar-refractivity contribution in [1.29, 1.82) is 0 Å². The van der Waals surface area contributed by atoms with Gasteiger partial charge in [-0.15, -0.1) is 0 Å². The van der Waals surface area contributed by atoms with Crippen molar-refractivity contribution in [3.63, 3.8) is 0 Å². The molecule has 94 valence electrons. The molecule has 0 spiro atoms. The molecule has 0 saturated heterocycles. The van der Waals surface area contributed by atoms with Crippen LogP contribution in [0.25, 0.3) is 17.2 Å². The molecule has 1 heterocycles.